The van der Waals surface area contributed by atoms with Gasteiger partial charge in [0.05, 0.1) is 18.1 Å². The molecule has 7 heteroatoms. The van der Waals surface area contributed by atoms with Crippen molar-refractivity contribution in [1.29, 1.82) is 0 Å². The smallest absolute Gasteiger partial charge is 0.227 e. The van der Waals surface area contributed by atoms with Crippen molar-refractivity contribution < 1.29 is 4.79 Å². The van der Waals surface area contributed by atoms with Crippen molar-refractivity contribution in [2.75, 3.05) is 26.2 Å². The van der Waals surface area contributed by atoms with Crippen molar-refractivity contribution in [2.24, 2.45) is 0 Å². The molecule has 0 bridgehead atoms. The molecule has 0 aliphatic carbocycles. The highest BCUT2D eigenvalue weighted by molar-refractivity contribution is 7.09. The van der Waals surface area contributed by atoms with Gasteiger partial charge in [0.15, 0.2) is 0 Å². The minimum Gasteiger partial charge on any atom is -0.341 e. The van der Waals surface area contributed by atoms with Crippen LogP contribution >= 0.6 is 11.3 Å². The van der Waals surface area contributed by atoms with Crippen LogP contribution in [0.25, 0.3) is 0 Å². The molecule has 1 amide bonds. The summed E-state index contributed by atoms with van der Waals surface area (Å²) in [6.45, 7) is 7.52. The average molecular weight is 333 g/mol. The van der Waals surface area contributed by atoms with Gasteiger partial charge in [-0.1, -0.05) is 0 Å². The van der Waals surface area contributed by atoms with E-state index in [1.54, 1.807) is 23.0 Å². The molecule has 0 radical (unpaired) electrons. The number of amides is 1. The molecule has 3 rings (SSSR count). The number of rotatable bonds is 5. The van der Waals surface area contributed by atoms with Crippen molar-refractivity contribution in [1.82, 2.24) is 24.6 Å². The first kappa shape index (κ1) is 16.1. The Balaban J connectivity index is 1.51. The van der Waals surface area contributed by atoms with E-state index < -0.39 is 0 Å². The van der Waals surface area contributed by atoms with Gasteiger partial charge in [0.25, 0.3) is 0 Å². The standard InChI is InChI=1S/C16H23N5OS/c1-2-21-12-14(9-18-21)11-19-4-3-5-20(7-6-19)16(22)8-15-10-17-13-23-15/h9-10,12-13H,2-8,11H2,1H3. The van der Waals surface area contributed by atoms with E-state index in [9.17, 15) is 4.79 Å². The zero-order valence-electron chi connectivity index (χ0n) is 13.5. The van der Waals surface area contributed by atoms with Crippen LogP contribution in [0.3, 0.4) is 0 Å². The SMILES string of the molecule is CCn1cc(CN2CCCN(C(=O)Cc3cncs3)CC2)cn1. The van der Waals surface area contributed by atoms with Gasteiger partial charge < -0.3 is 4.90 Å². The minimum atomic E-state index is 0.218. The summed E-state index contributed by atoms with van der Waals surface area (Å²) in [5.74, 6) is 0.218. The summed E-state index contributed by atoms with van der Waals surface area (Å²) in [6.07, 6.45) is 7.35. The van der Waals surface area contributed by atoms with Gasteiger partial charge in [0.1, 0.15) is 0 Å². The molecule has 1 fully saturated rings. The van der Waals surface area contributed by atoms with E-state index in [1.165, 1.54) is 5.56 Å². The van der Waals surface area contributed by atoms with Crippen molar-refractivity contribution in [2.45, 2.75) is 32.9 Å². The molecule has 124 valence electrons. The second-order valence-electron chi connectivity index (χ2n) is 5.86. The Morgan fingerprint density at radius 2 is 2.17 bits per heavy atom. The fourth-order valence-corrected chi connectivity index (χ4v) is 3.47. The number of hydrogen-bond acceptors (Lipinski definition) is 5. The van der Waals surface area contributed by atoms with E-state index in [4.69, 9.17) is 0 Å². The normalized spacial score (nSPS) is 16.5. The van der Waals surface area contributed by atoms with Gasteiger partial charge in [-0.25, -0.2) is 0 Å². The van der Waals surface area contributed by atoms with Crippen LogP contribution in [0, 0.1) is 0 Å². The summed E-state index contributed by atoms with van der Waals surface area (Å²) in [5.41, 5.74) is 3.03. The number of nitrogens with zero attached hydrogens (tertiary/aromatic N) is 5. The average Bonchev–Trinajstić information content (AvgIpc) is 3.16. The van der Waals surface area contributed by atoms with E-state index in [-0.39, 0.29) is 5.91 Å². The minimum absolute atomic E-state index is 0.218. The van der Waals surface area contributed by atoms with Gasteiger partial charge in [-0.3, -0.25) is 19.4 Å². The molecule has 2 aromatic rings. The number of carbonyl (C=O) groups excluding carboxylic acids is 1. The van der Waals surface area contributed by atoms with E-state index >= 15 is 0 Å². The molecular weight excluding hydrogens is 310 g/mol. The summed E-state index contributed by atoms with van der Waals surface area (Å²) in [6, 6.07) is 0. The molecule has 0 unspecified atom stereocenters. The molecule has 0 aromatic carbocycles. The van der Waals surface area contributed by atoms with Crippen LogP contribution in [0.2, 0.25) is 0 Å². The number of hydrogen-bond donors (Lipinski definition) is 0. The van der Waals surface area contributed by atoms with Crippen LogP contribution in [0.1, 0.15) is 23.8 Å². The molecular formula is C16H23N5OS. The molecule has 23 heavy (non-hydrogen) atoms. The van der Waals surface area contributed by atoms with Crippen molar-refractivity contribution in [3.63, 3.8) is 0 Å². The summed E-state index contributed by atoms with van der Waals surface area (Å²) in [4.78, 5) is 21.9. The number of aromatic nitrogens is 3. The van der Waals surface area contributed by atoms with Gasteiger partial charge in [-0.2, -0.15) is 5.10 Å². The third kappa shape index (κ3) is 4.39. The fraction of sp³-hybridized carbons (Fsp3) is 0.562. The Kier molecular flexibility index (Phi) is 5.40. The summed E-state index contributed by atoms with van der Waals surface area (Å²) >= 11 is 1.55. The van der Waals surface area contributed by atoms with E-state index in [1.807, 2.05) is 15.8 Å². The summed E-state index contributed by atoms with van der Waals surface area (Å²) in [7, 11) is 0. The lowest BCUT2D eigenvalue weighted by molar-refractivity contribution is -0.130. The molecule has 2 aromatic heterocycles. The lowest BCUT2D eigenvalue weighted by atomic mass is 10.3. The first-order chi connectivity index (χ1) is 11.2. The maximum atomic E-state index is 12.4. The van der Waals surface area contributed by atoms with Crippen molar-refractivity contribution in [3.05, 3.63) is 34.5 Å². The van der Waals surface area contributed by atoms with Crippen molar-refractivity contribution in [3.8, 4) is 0 Å². The zero-order valence-corrected chi connectivity index (χ0v) is 14.3. The molecule has 1 aliphatic rings. The lowest BCUT2D eigenvalue weighted by Crippen LogP contribution is -2.35. The van der Waals surface area contributed by atoms with E-state index in [0.717, 1.165) is 50.6 Å². The van der Waals surface area contributed by atoms with Crippen LogP contribution in [0.5, 0.6) is 0 Å². The predicted octanol–water partition coefficient (Wildman–Crippen LogP) is 1.64. The molecule has 1 aliphatic heterocycles. The summed E-state index contributed by atoms with van der Waals surface area (Å²) < 4.78 is 1.96. The van der Waals surface area contributed by atoms with Crippen molar-refractivity contribution >= 4 is 17.2 Å². The van der Waals surface area contributed by atoms with Gasteiger partial charge in [0, 0.05) is 62.1 Å². The highest BCUT2D eigenvalue weighted by Crippen LogP contribution is 2.12. The first-order valence-corrected chi connectivity index (χ1v) is 9.01. The zero-order chi connectivity index (χ0) is 16.1. The Morgan fingerprint density at radius 1 is 1.26 bits per heavy atom. The van der Waals surface area contributed by atoms with Gasteiger partial charge >= 0.3 is 0 Å². The third-order valence-corrected chi connectivity index (χ3v) is 4.95. The molecule has 3 heterocycles. The third-order valence-electron chi connectivity index (χ3n) is 4.17. The largest absolute Gasteiger partial charge is 0.341 e. The maximum absolute atomic E-state index is 12.4. The molecule has 0 spiro atoms. The van der Waals surface area contributed by atoms with E-state index in [0.29, 0.717) is 6.42 Å². The van der Waals surface area contributed by atoms with Gasteiger partial charge in [-0.05, 0) is 13.3 Å². The van der Waals surface area contributed by atoms with Gasteiger partial charge in [-0.15, -0.1) is 11.3 Å². The second-order valence-corrected chi connectivity index (χ2v) is 6.83. The molecule has 0 saturated carbocycles. The second kappa shape index (κ2) is 7.70. The van der Waals surface area contributed by atoms with E-state index in [2.05, 4.69) is 28.1 Å². The Bertz CT molecular complexity index is 624. The Hall–Kier alpha value is -1.73. The van der Waals surface area contributed by atoms with Crippen LogP contribution in [-0.2, 0) is 24.3 Å². The Morgan fingerprint density at radius 3 is 2.91 bits per heavy atom. The van der Waals surface area contributed by atoms with Crippen LogP contribution in [-0.4, -0.2) is 56.7 Å². The molecule has 0 N–H and O–H groups in total. The quantitative estimate of drug-likeness (QED) is 0.835. The summed E-state index contributed by atoms with van der Waals surface area (Å²) in [5, 5.41) is 4.33. The maximum Gasteiger partial charge on any atom is 0.227 e. The lowest BCUT2D eigenvalue weighted by Gasteiger charge is -2.21. The number of carbonyl (C=O) groups is 1. The van der Waals surface area contributed by atoms with Crippen LogP contribution in [0.4, 0.5) is 0 Å². The fourth-order valence-electron chi connectivity index (χ4n) is 2.89. The van der Waals surface area contributed by atoms with Crippen LogP contribution < -0.4 is 0 Å². The number of aryl methyl sites for hydroxylation is 1. The Labute approximate surface area is 140 Å². The van der Waals surface area contributed by atoms with Crippen LogP contribution in [0.15, 0.2) is 24.1 Å². The molecule has 1 saturated heterocycles. The highest BCUT2D eigenvalue weighted by Gasteiger charge is 2.20. The monoisotopic (exact) mass is 333 g/mol. The first-order valence-electron chi connectivity index (χ1n) is 8.13. The molecule has 0 atom stereocenters. The number of thiazole rings is 1. The topological polar surface area (TPSA) is 54.3 Å². The molecule has 6 nitrogen and oxygen atoms in total. The van der Waals surface area contributed by atoms with Gasteiger partial charge in [0.2, 0.25) is 5.91 Å². The predicted molar refractivity (Wildman–Crippen MR) is 90.2 cm³/mol. The highest BCUT2D eigenvalue weighted by atomic mass is 32.1.